The van der Waals surface area contributed by atoms with Gasteiger partial charge in [-0.15, -0.1) is 0 Å². The summed E-state index contributed by atoms with van der Waals surface area (Å²) in [5.41, 5.74) is 2.67. The summed E-state index contributed by atoms with van der Waals surface area (Å²) >= 11 is 0. The molecule has 1 aliphatic heterocycles. The summed E-state index contributed by atoms with van der Waals surface area (Å²) < 4.78 is 9.12. The minimum Gasteiger partial charge on any atom is -0.481 e. The summed E-state index contributed by atoms with van der Waals surface area (Å²) in [6.07, 6.45) is 3.84. The maximum atomic E-state index is 12.9. The van der Waals surface area contributed by atoms with Crippen LogP contribution in [0.1, 0.15) is 40.6 Å². The Morgan fingerprint density at radius 2 is 2.18 bits per heavy atom. The van der Waals surface area contributed by atoms with Gasteiger partial charge in [-0.2, -0.15) is 5.10 Å². The molecule has 0 spiro atoms. The molecule has 1 fully saturated rings. The molecule has 1 aliphatic rings. The van der Waals surface area contributed by atoms with E-state index in [-0.39, 0.29) is 11.9 Å². The average molecular weight is 302 g/mol. The predicted octanol–water partition coefficient (Wildman–Crippen LogP) is 2.05. The number of likely N-dealkylation sites (tertiary alicyclic amines) is 1. The number of nitrogens with zero attached hydrogens (tertiary/aromatic N) is 4. The van der Waals surface area contributed by atoms with Crippen LogP contribution in [0, 0.1) is 6.92 Å². The third-order valence-corrected chi connectivity index (χ3v) is 4.42. The van der Waals surface area contributed by atoms with Crippen molar-refractivity contribution in [2.45, 2.75) is 25.8 Å². The van der Waals surface area contributed by atoms with Crippen LogP contribution in [0.15, 0.2) is 18.3 Å². The molecule has 118 valence electrons. The molecule has 0 aromatic carbocycles. The Kier molecular flexibility index (Phi) is 3.68. The van der Waals surface area contributed by atoms with E-state index in [0.29, 0.717) is 5.69 Å². The lowest BCUT2D eigenvalue weighted by molar-refractivity contribution is 0.0724. The molecule has 0 bridgehead atoms. The van der Waals surface area contributed by atoms with Crippen LogP contribution in [0.5, 0.6) is 5.88 Å². The van der Waals surface area contributed by atoms with Crippen molar-refractivity contribution in [3.05, 3.63) is 35.3 Å². The van der Waals surface area contributed by atoms with Crippen molar-refractivity contribution in [2.75, 3.05) is 13.7 Å². The van der Waals surface area contributed by atoms with E-state index in [1.165, 1.54) is 0 Å². The van der Waals surface area contributed by atoms with Gasteiger partial charge in [-0.1, -0.05) is 0 Å². The lowest BCUT2D eigenvalue weighted by Gasteiger charge is -2.25. The molecule has 2 aromatic rings. The summed E-state index contributed by atoms with van der Waals surface area (Å²) in [6, 6.07) is 3.80. The maximum Gasteiger partial charge on any atom is 0.270 e. The highest BCUT2D eigenvalue weighted by Gasteiger charge is 2.35. The first-order chi connectivity index (χ1) is 10.5. The first-order valence-corrected chi connectivity index (χ1v) is 7.54. The molecule has 3 heterocycles. The van der Waals surface area contributed by atoms with Gasteiger partial charge in [0.25, 0.3) is 5.91 Å². The fraction of sp³-hybridized carbons (Fsp3) is 0.500. The highest BCUT2D eigenvalue weighted by molar-refractivity contribution is 5.93. The van der Waals surface area contributed by atoms with E-state index in [1.807, 2.05) is 48.8 Å². The van der Waals surface area contributed by atoms with Crippen molar-refractivity contribution in [3.8, 4) is 5.88 Å². The fourth-order valence-electron chi connectivity index (χ4n) is 3.42. The highest BCUT2D eigenvalue weighted by atomic mass is 16.5. The first kappa shape index (κ1) is 14.7. The second-order valence-electron chi connectivity index (χ2n) is 5.79. The summed E-state index contributed by atoms with van der Waals surface area (Å²) in [5.74, 6) is 0.814. The van der Waals surface area contributed by atoms with Crippen LogP contribution >= 0.6 is 0 Å². The minimum atomic E-state index is 0.0334. The molecule has 22 heavy (non-hydrogen) atoms. The maximum absolute atomic E-state index is 12.9. The number of hydrogen-bond donors (Lipinski definition) is 0. The van der Waals surface area contributed by atoms with Crippen LogP contribution in [0.3, 0.4) is 0 Å². The Morgan fingerprint density at radius 3 is 2.82 bits per heavy atom. The standard InChI is InChI=1S/C16H22N4O2/c1-11-14(16(22-4)19(3)17-11)12-7-6-10-20(12)15(21)13-8-5-9-18(13)2/h5,8-9,12H,6-7,10H2,1-4H3/t12-/m1/s1. The fourth-order valence-corrected chi connectivity index (χ4v) is 3.42. The Morgan fingerprint density at radius 1 is 1.41 bits per heavy atom. The van der Waals surface area contributed by atoms with E-state index in [0.717, 1.165) is 36.5 Å². The molecule has 3 rings (SSSR count). The van der Waals surface area contributed by atoms with Gasteiger partial charge in [-0.25, -0.2) is 4.68 Å². The molecule has 0 N–H and O–H groups in total. The van der Waals surface area contributed by atoms with Crippen LogP contribution in [0.2, 0.25) is 0 Å². The first-order valence-electron chi connectivity index (χ1n) is 7.54. The van der Waals surface area contributed by atoms with Gasteiger partial charge < -0.3 is 14.2 Å². The molecule has 1 saturated heterocycles. The Bertz CT molecular complexity index is 701. The van der Waals surface area contributed by atoms with Gasteiger partial charge in [0, 0.05) is 26.8 Å². The molecule has 2 aromatic heterocycles. The van der Waals surface area contributed by atoms with Crippen LogP contribution in [0.4, 0.5) is 0 Å². The van der Waals surface area contributed by atoms with Gasteiger partial charge in [0.2, 0.25) is 5.88 Å². The van der Waals surface area contributed by atoms with Crippen molar-refractivity contribution in [1.82, 2.24) is 19.2 Å². The van der Waals surface area contributed by atoms with E-state index in [1.54, 1.807) is 11.8 Å². The molecular formula is C16H22N4O2. The van der Waals surface area contributed by atoms with E-state index in [2.05, 4.69) is 5.10 Å². The second-order valence-corrected chi connectivity index (χ2v) is 5.79. The number of amides is 1. The summed E-state index contributed by atoms with van der Waals surface area (Å²) in [6.45, 7) is 2.74. The molecule has 1 atom stereocenters. The van der Waals surface area contributed by atoms with E-state index < -0.39 is 0 Å². The Labute approximate surface area is 130 Å². The Hall–Kier alpha value is -2.24. The third-order valence-electron chi connectivity index (χ3n) is 4.42. The van der Waals surface area contributed by atoms with Crippen molar-refractivity contribution in [2.24, 2.45) is 14.1 Å². The number of methoxy groups -OCH3 is 1. The van der Waals surface area contributed by atoms with Crippen molar-refractivity contribution < 1.29 is 9.53 Å². The van der Waals surface area contributed by atoms with E-state index in [4.69, 9.17) is 4.74 Å². The number of aryl methyl sites for hydroxylation is 3. The van der Waals surface area contributed by atoms with Crippen molar-refractivity contribution in [1.29, 1.82) is 0 Å². The van der Waals surface area contributed by atoms with Gasteiger partial charge in [0.1, 0.15) is 5.69 Å². The summed E-state index contributed by atoms with van der Waals surface area (Å²) in [7, 11) is 5.42. The van der Waals surface area contributed by atoms with Crippen molar-refractivity contribution >= 4 is 5.91 Å². The van der Waals surface area contributed by atoms with Gasteiger partial charge in [-0.05, 0) is 31.9 Å². The topological polar surface area (TPSA) is 52.3 Å². The molecule has 0 unspecified atom stereocenters. The summed E-state index contributed by atoms with van der Waals surface area (Å²) in [4.78, 5) is 14.8. The SMILES string of the molecule is COc1c([C@H]2CCCN2C(=O)c2cccn2C)c(C)nn1C. The summed E-state index contributed by atoms with van der Waals surface area (Å²) in [5, 5.41) is 4.45. The Balaban J connectivity index is 1.98. The smallest absolute Gasteiger partial charge is 0.270 e. The third kappa shape index (κ3) is 2.19. The lowest BCUT2D eigenvalue weighted by Crippen LogP contribution is -2.32. The van der Waals surface area contributed by atoms with Gasteiger partial charge in [-0.3, -0.25) is 4.79 Å². The van der Waals surface area contributed by atoms with Crippen LogP contribution in [-0.2, 0) is 14.1 Å². The zero-order valence-electron chi connectivity index (χ0n) is 13.5. The van der Waals surface area contributed by atoms with E-state index in [9.17, 15) is 4.79 Å². The largest absolute Gasteiger partial charge is 0.481 e. The molecule has 0 saturated carbocycles. The number of ether oxygens (including phenoxy) is 1. The monoisotopic (exact) mass is 302 g/mol. The zero-order chi connectivity index (χ0) is 15.9. The molecule has 6 heteroatoms. The quantitative estimate of drug-likeness (QED) is 0.872. The van der Waals surface area contributed by atoms with Gasteiger partial charge >= 0.3 is 0 Å². The van der Waals surface area contributed by atoms with E-state index >= 15 is 0 Å². The van der Waals surface area contributed by atoms with Gasteiger partial charge in [0.05, 0.1) is 24.4 Å². The molecular weight excluding hydrogens is 280 g/mol. The molecule has 0 radical (unpaired) electrons. The number of carbonyl (C=O) groups is 1. The average Bonchev–Trinajstić information content (AvgIpc) is 3.16. The number of hydrogen-bond acceptors (Lipinski definition) is 3. The number of rotatable bonds is 3. The minimum absolute atomic E-state index is 0.0334. The number of carbonyl (C=O) groups excluding carboxylic acids is 1. The van der Waals surface area contributed by atoms with Gasteiger partial charge in [0.15, 0.2) is 0 Å². The lowest BCUT2D eigenvalue weighted by atomic mass is 10.0. The predicted molar refractivity (Wildman–Crippen MR) is 82.9 cm³/mol. The molecule has 0 aliphatic carbocycles. The molecule has 1 amide bonds. The highest BCUT2D eigenvalue weighted by Crippen LogP contribution is 2.39. The number of aromatic nitrogens is 3. The van der Waals surface area contributed by atoms with Crippen LogP contribution < -0.4 is 4.74 Å². The molecule has 6 nitrogen and oxygen atoms in total. The van der Waals surface area contributed by atoms with Crippen LogP contribution in [-0.4, -0.2) is 38.8 Å². The second kappa shape index (κ2) is 5.51. The normalized spacial score (nSPS) is 18.0. The van der Waals surface area contributed by atoms with Crippen LogP contribution in [0.25, 0.3) is 0 Å². The zero-order valence-corrected chi connectivity index (χ0v) is 13.5. The van der Waals surface area contributed by atoms with Crippen molar-refractivity contribution in [3.63, 3.8) is 0 Å².